The Kier molecular flexibility index (Phi) is 6.49. The number of benzene rings is 2. The zero-order valence-electron chi connectivity index (χ0n) is 14.8. The second-order valence-corrected chi connectivity index (χ2v) is 5.38. The van der Waals surface area contributed by atoms with E-state index in [2.05, 4.69) is 10.2 Å². The molecule has 2 aromatic rings. The first-order valence-electron chi connectivity index (χ1n) is 7.83. The Morgan fingerprint density at radius 2 is 1.63 bits per heavy atom. The molecule has 0 heterocycles. The van der Waals surface area contributed by atoms with Crippen LogP contribution in [0.3, 0.4) is 0 Å². The zero-order chi connectivity index (χ0) is 19.8. The second kappa shape index (κ2) is 9.01. The number of nitriles is 1. The van der Waals surface area contributed by atoms with Crippen LogP contribution in [0.25, 0.3) is 0 Å². The maximum absolute atomic E-state index is 12.4. The standard InChI is InChI=1S/C19H17N3O5/c1-22(21-18(24)14-5-3-13(11-20)4-6-14)19(25)15-7-9-16(10-8-15)27-12-17(23)26-2/h3-10H,12H2,1-2H3,(H,21,24). The summed E-state index contributed by atoms with van der Waals surface area (Å²) in [4.78, 5) is 35.6. The van der Waals surface area contributed by atoms with Gasteiger partial charge in [0, 0.05) is 18.2 Å². The predicted molar refractivity (Wildman–Crippen MR) is 94.7 cm³/mol. The van der Waals surface area contributed by atoms with Crippen LogP contribution in [0.4, 0.5) is 0 Å². The molecule has 0 aliphatic rings. The molecule has 0 fully saturated rings. The summed E-state index contributed by atoms with van der Waals surface area (Å²) in [6, 6.07) is 14.1. The van der Waals surface area contributed by atoms with Crippen molar-refractivity contribution in [1.82, 2.24) is 10.4 Å². The second-order valence-electron chi connectivity index (χ2n) is 5.38. The molecule has 8 heteroatoms. The van der Waals surface area contributed by atoms with Gasteiger partial charge in [-0.15, -0.1) is 0 Å². The van der Waals surface area contributed by atoms with Gasteiger partial charge >= 0.3 is 5.97 Å². The van der Waals surface area contributed by atoms with Crippen LogP contribution in [-0.4, -0.2) is 43.6 Å². The van der Waals surface area contributed by atoms with E-state index in [-0.39, 0.29) is 6.61 Å². The lowest BCUT2D eigenvalue weighted by atomic mass is 10.1. The van der Waals surface area contributed by atoms with Crippen LogP contribution in [0.1, 0.15) is 26.3 Å². The quantitative estimate of drug-likeness (QED) is 0.634. The van der Waals surface area contributed by atoms with Gasteiger partial charge in [0.1, 0.15) is 5.75 Å². The van der Waals surface area contributed by atoms with E-state index in [4.69, 9.17) is 10.00 Å². The van der Waals surface area contributed by atoms with Crippen molar-refractivity contribution >= 4 is 17.8 Å². The Bertz CT molecular complexity index is 870. The predicted octanol–water partition coefficient (Wildman–Crippen LogP) is 1.53. The smallest absolute Gasteiger partial charge is 0.343 e. The number of hydrazine groups is 1. The molecule has 138 valence electrons. The van der Waals surface area contributed by atoms with E-state index >= 15 is 0 Å². The van der Waals surface area contributed by atoms with Crippen LogP contribution >= 0.6 is 0 Å². The van der Waals surface area contributed by atoms with E-state index in [9.17, 15) is 14.4 Å². The van der Waals surface area contributed by atoms with Gasteiger partial charge in [-0.3, -0.25) is 20.0 Å². The minimum atomic E-state index is -0.514. The third-order valence-electron chi connectivity index (χ3n) is 3.54. The molecule has 0 unspecified atom stereocenters. The average molecular weight is 367 g/mol. The Morgan fingerprint density at radius 3 is 2.19 bits per heavy atom. The highest BCUT2D eigenvalue weighted by atomic mass is 16.6. The maximum Gasteiger partial charge on any atom is 0.343 e. The number of hydrogen-bond donors (Lipinski definition) is 1. The van der Waals surface area contributed by atoms with E-state index < -0.39 is 17.8 Å². The largest absolute Gasteiger partial charge is 0.482 e. The fourth-order valence-electron chi connectivity index (χ4n) is 2.05. The third kappa shape index (κ3) is 5.31. The summed E-state index contributed by atoms with van der Waals surface area (Å²) < 4.78 is 9.67. The van der Waals surface area contributed by atoms with Crippen molar-refractivity contribution in [3.8, 4) is 11.8 Å². The Hall–Kier alpha value is -3.86. The number of amides is 2. The number of esters is 1. The number of rotatable bonds is 5. The number of carbonyl (C=O) groups is 3. The van der Waals surface area contributed by atoms with E-state index in [0.29, 0.717) is 22.4 Å². The summed E-state index contributed by atoms with van der Waals surface area (Å²) in [5.41, 5.74) is 3.54. The molecule has 1 N–H and O–H groups in total. The molecule has 0 spiro atoms. The van der Waals surface area contributed by atoms with Gasteiger partial charge in [-0.25, -0.2) is 4.79 Å². The molecule has 2 aromatic carbocycles. The molecule has 8 nitrogen and oxygen atoms in total. The van der Waals surface area contributed by atoms with Gasteiger partial charge in [0.25, 0.3) is 11.8 Å². The SMILES string of the molecule is COC(=O)COc1ccc(C(=O)N(C)NC(=O)c2ccc(C#N)cc2)cc1. The van der Waals surface area contributed by atoms with E-state index in [1.807, 2.05) is 6.07 Å². The van der Waals surface area contributed by atoms with Crippen molar-refractivity contribution < 1.29 is 23.9 Å². The van der Waals surface area contributed by atoms with Crippen molar-refractivity contribution in [3.05, 3.63) is 65.2 Å². The van der Waals surface area contributed by atoms with Crippen LogP contribution in [-0.2, 0) is 9.53 Å². The van der Waals surface area contributed by atoms with Gasteiger partial charge in [0.15, 0.2) is 6.61 Å². The number of hydrogen-bond acceptors (Lipinski definition) is 6. The highest BCUT2D eigenvalue weighted by molar-refractivity contribution is 5.99. The third-order valence-corrected chi connectivity index (χ3v) is 3.54. The number of ether oxygens (including phenoxy) is 2. The van der Waals surface area contributed by atoms with Crippen molar-refractivity contribution in [2.75, 3.05) is 20.8 Å². The summed E-state index contributed by atoms with van der Waals surface area (Å²) in [5, 5.41) is 9.83. The van der Waals surface area contributed by atoms with Crippen LogP contribution in [0.2, 0.25) is 0 Å². The molecule has 0 bridgehead atoms. The monoisotopic (exact) mass is 367 g/mol. The molecule has 0 aromatic heterocycles. The van der Waals surface area contributed by atoms with Gasteiger partial charge in [0.05, 0.1) is 18.7 Å². The molecule has 27 heavy (non-hydrogen) atoms. The first-order valence-corrected chi connectivity index (χ1v) is 7.83. The number of carbonyl (C=O) groups excluding carboxylic acids is 3. The summed E-state index contributed by atoms with van der Waals surface area (Å²) in [6.07, 6.45) is 0. The first kappa shape index (κ1) is 19.5. The van der Waals surface area contributed by atoms with Crippen molar-refractivity contribution in [3.63, 3.8) is 0 Å². The Labute approximate surface area is 155 Å². The van der Waals surface area contributed by atoms with Gasteiger partial charge in [-0.1, -0.05) is 0 Å². The molecule has 0 radical (unpaired) electrons. The van der Waals surface area contributed by atoms with Crippen molar-refractivity contribution in [2.45, 2.75) is 0 Å². The summed E-state index contributed by atoms with van der Waals surface area (Å²) in [6.45, 7) is -0.232. The highest BCUT2D eigenvalue weighted by Gasteiger charge is 2.15. The van der Waals surface area contributed by atoms with Crippen molar-refractivity contribution in [2.24, 2.45) is 0 Å². The maximum atomic E-state index is 12.4. The van der Waals surface area contributed by atoms with E-state index in [1.165, 1.54) is 62.7 Å². The minimum Gasteiger partial charge on any atom is -0.482 e. The fraction of sp³-hybridized carbons (Fsp3) is 0.158. The molecular formula is C19H17N3O5. The zero-order valence-corrected chi connectivity index (χ0v) is 14.8. The molecule has 0 atom stereocenters. The Balaban J connectivity index is 1.96. The summed E-state index contributed by atoms with van der Waals surface area (Å²) >= 11 is 0. The van der Waals surface area contributed by atoms with Gasteiger partial charge in [-0.2, -0.15) is 5.26 Å². The highest BCUT2D eigenvalue weighted by Crippen LogP contribution is 2.13. The van der Waals surface area contributed by atoms with Crippen LogP contribution in [0.15, 0.2) is 48.5 Å². The lowest BCUT2D eigenvalue weighted by molar-refractivity contribution is -0.142. The van der Waals surface area contributed by atoms with Gasteiger partial charge in [0.2, 0.25) is 0 Å². The molecule has 2 amide bonds. The summed E-state index contributed by atoms with van der Waals surface area (Å²) in [7, 11) is 2.68. The molecule has 2 rings (SSSR count). The Morgan fingerprint density at radius 1 is 1.04 bits per heavy atom. The molecule has 0 aliphatic carbocycles. The van der Waals surface area contributed by atoms with Crippen LogP contribution in [0.5, 0.6) is 5.75 Å². The first-order chi connectivity index (χ1) is 12.9. The van der Waals surface area contributed by atoms with Gasteiger partial charge in [-0.05, 0) is 48.5 Å². The molecule has 0 saturated carbocycles. The van der Waals surface area contributed by atoms with Crippen LogP contribution in [0, 0.1) is 11.3 Å². The van der Waals surface area contributed by atoms with Crippen molar-refractivity contribution in [1.29, 1.82) is 5.26 Å². The van der Waals surface area contributed by atoms with E-state index in [1.54, 1.807) is 0 Å². The topological polar surface area (TPSA) is 109 Å². The molecule has 0 aliphatic heterocycles. The minimum absolute atomic E-state index is 0.232. The lowest BCUT2D eigenvalue weighted by Gasteiger charge is -2.18. The molecular weight excluding hydrogens is 350 g/mol. The number of nitrogens with one attached hydrogen (secondary N) is 1. The van der Waals surface area contributed by atoms with E-state index in [0.717, 1.165) is 5.01 Å². The number of methoxy groups -OCH3 is 1. The van der Waals surface area contributed by atoms with Crippen LogP contribution < -0.4 is 10.2 Å². The number of nitrogens with zero attached hydrogens (tertiary/aromatic N) is 2. The summed E-state index contributed by atoms with van der Waals surface area (Å²) in [5.74, 6) is -1.02. The average Bonchev–Trinajstić information content (AvgIpc) is 2.71. The van der Waals surface area contributed by atoms with Gasteiger partial charge < -0.3 is 9.47 Å². The molecule has 0 saturated heterocycles. The lowest BCUT2D eigenvalue weighted by Crippen LogP contribution is -2.43. The normalized spacial score (nSPS) is 9.67. The fourth-order valence-corrected chi connectivity index (χ4v) is 2.05.